The van der Waals surface area contributed by atoms with Gasteiger partial charge in [0.05, 0.1) is 6.07 Å². The second kappa shape index (κ2) is 22.8. The summed E-state index contributed by atoms with van der Waals surface area (Å²) in [5.74, 6) is -0.846. The van der Waals surface area contributed by atoms with Crippen LogP contribution in [0.3, 0.4) is 0 Å². The number of amides is 2. The number of nitrogens with one attached hydrogen (secondary N) is 4. The molecule has 34 heavy (non-hydrogen) atoms. The molecule has 0 saturated carbocycles. The molecule has 2 fully saturated rings. The van der Waals surface area contributed by atoms with Crippen LogP contribution in [0.25, 0.3) is 0 Å². The first-order valence-corrected chi connectivity index (χ1v) is 11.1. The Kier molecular flexibility index (Phi) is 24.5. The Morgan fingerprint density at radius 2 is 1.35 bits per heavy atom. The minimum absolute atomic E-state index is 0. The SMILES string of the molecule is C.C.C.C.N#CC(CC/C=C\CC(=O)NCCN1CCNCC1)C(=O)NCCN1CCNCC1. The fourth-order valence-corrected chi connectivity index (χ4v) is 3.58. The zero-order valence-electron chi connectivity index (χ0n) is 18.0. The van der Waals surface area contributed by atoms with Crippen LogP contribution < -0.4 is 21.3 Å². The number of rotatable bonds is 12. The van der Waals surface area contributed by atoms with Gasteiger partial charge < -0.3 is 21.3 Å². The molecule has 0 aromatic heterocycles. The van der Waals surface area contributed by atoms with E-state index in [9.17, 15) is 14.9 Å². The number of hydrogen-bond donors (Lipinski definition) is 4. The Balaban J connectivity index is -0.00000240. The van der Waals surface area contributed by atoms with E-state index in [0.717, 1.165) is 65.4 Å². The number of allylic oxidation sites excluding steroid dienone is 1. The summed E-state index contributed by atoms with van der Waals surface area (Å²) in [5.41, 5.74) is 0. The third-order valence-corrected chi connectivity index (χ3v) is 5.46. The maximum absolute atomic E-state index is 12.2. The van der Waals surface area contributed by atoms with Gasteiger partial charge in [0.1, 0.15) is 5.92 Å². The molecule has 9 nitrogen and oxygen atoms in total. The maximum Gasteiger partial charge on any atom is 0.237 e. The van der Waals surface area contributed by atoms with Crippen LogP contribution in [0, 0.1) is 17.2 Å². The lowest BCUT2D eigenvalue weighted by molar-refractivity contribution is -0.123. The highest BCUT2D eigenvalue weighted by Gasteiger charge is 2.17. The van der Waals surface area contributed by atoms with Gasteiger partial charge in [-0.05, 0) is 12.8 Å². The highest BCUT2D eigenvalue weighted by Crippen LogP contribution is 2.07. The molecule has 200 valence electrons. The summed E-state index contributed by atoms with van der Waals surface area (Å²) in [4.78, 5) is 28.7. The van der Waals surface area contributed by atoms with E-state index in [2.05, 4.69) is 37.1 Å². The van der Waals surface area contributed by atoms with E-state index in [0.29, 0.717) is 32.4 Å². The lowest BCUT2D eigenvalue weighted by Gasteiger charge is -2.27. The van der Waals surface area contributed by atoms with Crippen LogP contribution >= 0.6 is 0 Å². The molecular weight excluding hydrogens is 430 g/mol. The molecule has 0 aromatic rings. The van der Waals surface area contributed by atoms with Crippen molar-refractivity contribution in [1.29, 1.82) is 5.26 Å². The van der Waals surface area contributed by atoms with Crippen LogP contribution in [0.5, 0.6) is 0 Å². The third kappa shape index (κ3) is 15.8. The van der Waals surface area contributed by atoms with Gasteiger partial charge in [0.25, 0.3) is 0 Å². The maximum atomic E-state index is 12.2. The average Bonchev–Trinajstić information content (AvgIpc) is 2.77. The van der Waals surface area contributed by atoms with Crippen LogP contribution in [-0.2, 0) is 9.59 Å². The van der Waals surface area contributed by atoms with Crippen molar-refractivity contribution in [3.05, 3.63) is 12.2 Å². The van der Waals surface area contributed by atoms with Crippen molar-refractivity contribution in [1.82, 2.24) is 31.1 Å². The molecular formula is C25H53N7O2. The Morgan fingerprint density at radius 3 is 1.85 bits per heavy atom. The first-order valence-electron chi connectivity index (χ1n) is 11.1. The molecule has 9 heteroatoms. The highest BCUT2D eigenvalue weighted by atomic mass is 16.2. The van der Waals surface area contributed by atoms with E-state index < -0.39 is 5.92 Å². The van der Waals surface area contributed by atoms with E-state index in [1.807, 2.05) is 12.2 Å². The van der Waals surface area contributed by atoms with Crippen molar-refractivity contribution in [2.24, 2.45) is 5.92 Å². The summed E-state index contributed by atoms with van der Waals surface area (Å²) in [6.45, 7) is 10.9. The molecule has 2 aliphatic heterocycles. The molecule has 0 aromatic carbocycles. The third-order valence-electron chi connectivity index (χ3n) is 5.46. The summed E-state index contributed by atoms with van der Waals surface area (Å²) >= 11 is 0. The van der Waals surface area contributed by atoms with Crippen molar-refractivity contribution in [3.63, 3.8) is 0 Å². The van der Waals surface area contributed by atoms with Crippen molar-refractivity contribution in [3.8, 4) is 6.07 Å². The van der Waals surface area contributed by atoms with Gasteiger partial charge in [-0.15, -0.1) is 0 Å². The highest BCUT2D eigenvalue weighted by molar-refractivity contribution is 5.81. The quantitative estimate of drug-likeness (QED) is 0.311. The first-order chi connectivity index (χ1) is 14.7. The van der Waals surface area contributed by atoms with E-state index in [-0.39, 0.29) is 41.5 Å². The van der Waals surface area contributed by atoms with Crippen molar-refractivity contribution in [2.45, 2.75) is 49.0 Å². The largest absolute Gasteiger partial charge is 0.355 e. The van der Waals surface area contributed by atoms with Crippen LogP contribution in [0.1, 0.15) is 49.0 Å². The second-order valence-electron chi connectivity index (χ2n) is 7.76. The second-order valence-corrected chi connectivity index (χ2v) is 7.76. The van der Waals surface area contributed by atoms with Gasteiger partial charge >= 0.3 is 0 Å². The molecule has 0 radical (unpaired) electrons. The standard InChI is InChI=1S/C21H37N7O2.4CH4/c22-18-19(21(30)26-11-17-28-14-8-24-9-15-28)4-2-1-3-5-20(29)25-10-16-27-12-6-23-7-13-27;;;;/h1,3,19,23-24H,2,4-17H2,(H,25,29)(H,26,30);4*1H4/b3-1-;;;;. The Labute approximate surface area is 209 Å². The molecule has 2 aliphatic rings. The van der Waals surface area contributed by atoms with Gasteiger partial charge in [0.2, 0.25) is 11.8 Å². The first kappa shape index (κ1) is 36.6. The lowest BCUT2D eigenvalue weighted by Crippen LogP contribution is -2.46. The molecule has 4 N–H and O–H groups in total. The summed E-state index contributed by atoms with van der Waals surface area (Å²) in [5, 5.41) is 21.7. The number of piperazine rings is 2. The molecule has 2 amide bonds. The molecule has 1 unspecified atom stereocenters. The zero-order chi connectivity index (χ0) is 21.4. The molecule has 0 spiro atoms. The van der Waals surface area contributed by atoms with Gasteiger partial charge in [0.15, 0.2) is 0 Å². The van der Waals surface area contributed by atoms with Crippen LogP contribution in [0.2, 0.25) is 0 Å². The van der Waals surface area contributed by atoms with Crippen molar-refractivity contribution >= 4 is 11.8 Å². The van der Waals surface area contributed by atoms with Crippen LogP contribution in [0.4, 0.5) is 0 Å². The normalized spacial score (nSPS) is 17.0. The minimum atomic E-state index is -0.648. The molecule has 2 rings (SSSR count). The fraction of sp³-hybridized carbons (Fsp3) is 0.800. The van der Waals surface area contributed by atoms with Gasteiger partial charge in [0, 0.05) is 85.0 Å². The van der Waals surface area contributed by atoms with Gasteiger partial charge in [-0.1, -0.05) is 41.9 Å². The Bertz CT molecular complexity index is 580. The fourth-order valence-electron chi connectivity index (χ4n) is 3.58. The smallest absolute Gasteiger partial charge is 0.237 e. The Morgan fingerprint density at radius 1 is 0.853 bits per heavy atom. The van der Waals surface area contributed by atoms with Gasteiger partial charge in [-0.3, -0.25) is 19.4 Å². The van der Waals surface area contributed by atoms with Crippen molar-refractivity contribution < 1.29 is 9.59 Å². The number of nitrogens with zero attached hydrogens (tertiary/aromatic N) is 3. The molecule has 1 atom stereocenters. The van der Waals surface area contributed by atoms with E-state index in [4.69, 9.17) is 0 Å². The van der Waals surface area contributed by atoms with E-state index >= 15 is 0 Å². The summed E-state index contributed by atoms with van der Waals surface area (Å²) < 4.78 is 0. The predicted molar refractivity (Wildman–Crippen MR) is 144 cm³/mol. The summed E-state index contributed by atoms with van der Waals surface area (Å²) in [7, 11) is 0. The topological polar surface area (TPSA) is 113 Å². The summed E-state index contributed by atoms with van der Waals surface area (Å²) in [6.07, 6.45) is 5.11. The van der Waals surface area contributed by atoms with E-state index in [1.54, 1.807) is 0 Å². The van der Waals surface area contributed by atoms with E-state index in [1.165, 1.54) is 0 Å². The molecule has 0 bridgehead atoms. The van der Waals surface area contributed by atoms with Gasteiger partial charge in [-0.2, -0.15) is 5.26 Å². The predicted octanol–water partition coefficient (Wildman–Crippen LogP) is 1.44. The number of carbonyl (C=O) groups excluding carboxylic acids is 2. The zero-order valence-corrected chi connectivity index (χ0v) is 18.0. The van der Waals surface area contributed by atoms with Crippen molar-refractivity contribution in [2.75, 3.05) is 78.5 Å². The number of nitriles is 1. The lowest BCUT2D eigenvalue weighted by atomic mass is 10.0. The van der Waals surface area contributed by atoms with Gasteiger partial charge in [-0.25, -0.2) is 0 Å². The Hall–Kier alpha value is -1.99. The monoisotopic (exact) mass is 483 g/mol. The molecule has 2 heterocycles. The average molecular weight is 484 g/mol. The summed E-state index contributed by atoms with van der Waals surface area (Å²) in [6, 6.07) is 2.09. The molecule has 0 aliphatic carbocycles. The van der Waals surface area contributed by atoms with Crippen LogP contribution in [0.15, 0.2) is 12.2 Å². The van der Waals surface area contributed by atoms with Crippen LogP contribution in [-0.4, -0.2) is 100 Å². The minimum Gasteiger partial charge on any atom is -0.355 e. The molecule has 2 saturated heterocycles. The number of carbonyl (C=O) groups is 2. The number of hydrogen-bond acceptors (Lipinski definition) is 7.